The van der Waals surface area contributed by atoms with Crippen LogP contribution < -0.4 is 10.6 Å². The molecular weight excluding hydrogens is 436 g/mol. The lowest BCUT2D eigenvalue weighted by atomic mass is 10.1. The highest BCUT2D eigenvalue weighted by Gasteiger charge is 2.33. The van der Waals surface area contributed by atoms with E-state index in [1.807, 2.05) is 0 Å². The number of fused-ring (bicyclic) bond motifs is 1. The Labute approximate surface area is 178 Å². The van der Waals surface area contributed by atoms with Gasteiger partial charge in [0.1, 0.15) is 23.7 Å². The van der Waals surface area contributed by atoms with Crippen LogP contribution in [0.1, 0.15) is 28.0 Å². The molecule has 9 nitrogen and oxygen atoms in total. The molecule has 3 aromatic rings. The third-order valence-corrected chi connectivity index (χ3v) is 5.03. The molecule has 0 aliphatic carbocycles. The van der Waals surface area contributed by atoms with E-state index in [4.69, 9.17) is 4.74 Å². The maximum absolute atomic E-state index is 13.5. The molecule has 13 heteroatoms. The number of benzene rings is 1. The van der Waals surface area contributed by atoms with Gasteiger partial charge in [0, 0.05) is 13.2 Å². The number of anilines is 1. The number of aliphatic hydroxyl groups is 1. The maximum atomic E-state index is 13.5. The van der Waals surface area contributed by atoms with Crippen molar-refractivity contribution >= 4 is 22.8 Å². The highest BCUT2D eigenvalue weighted by molar-refractivity contribution is 6.07. The number of nitrogens with one attached hydrogen (secondary N) is 3. The Kier molecular flexibility index (Phi) is 5.93. The van der Waals surface area contributed by atoms with E-state index in [2.05, 4.69) is 30.8 Å². The molecule has 32 heavy (non-hydrogen) atoms. The molecule has 1 aliphatic heterocycles. The number of hydrogen-bond acceptors (Lipinski definition) is 7. The van der Waals surface area contributed by atoms with Crippen molar-refractivity contribution in [3.05, 3.63) is 47.2 Å². The molecule has 1 fully saturated rings. The number of aromatic nitrogens is 4. The Hall–Kier alpha value is -3.32. The number of hydrogen-bond donors (Lipinski definition) is 4. The Morgan fingerprint density at radius 2 is 2.12 bits per heavy atom. The number of halogens is 4. The summed E-state index contributed by atoms with van der Waals surface area (Å²) in [6, 6.07) is 1.55. The molecule has 1 aromatic carbocycles. The van der Waals surface area contributed by atoms with E-state index in [9.17, 15) is 27.5 Å². The number of carbonyl (C=O) groups excluding carboxylic acids is 1. The maximum Gasteiger partial charge on any atom is 0.416 e. The molecule has 0 spiro atoms. The molecule has 0 saturated carbocycles. The largest absolute Gasteiger partial charge is 0.416 e. The second-order valence-corrected chi connectivity index (χ2v) is 7.18. The number of aromatic amines is 1. The van der Waals surface area contributed by atoms with Crippen molar-refractivity contribution in [3.8, 4) is 0 Å². The van der Waals surface area contributed by atoms with Crippen LogP contribution in [0, 0.1) is 5.82 Å². The number of aliphatic hydroxyl groups excluding tert-OH is 1. The second kappa shape index (κ2) is 8.67. The predicted molar refractivity (Wildman–Crippen MR) is 103 cm³/mol. The minimum atomic E-state index is -4.71. The summed E-state index contributed by atoms with van der Waals surface area (Å²) in [7, 11) is 0. The minimum absolute atomic E-state index is 0.0979. The van der Waals surface area contributed by atoms with Crippen LogP contribution in [-0.4, -0.2) is 56.5 Å². The summed E-state index contributed by atoms with van der Waals surface area (Å²) in [6.45, 7) is 0.0569. The van der Waals surface area contributed by atoms with E-state index >= 15 is 0 Å². The van der Waals surface area contributed by atoms with Crippen LogP contribution in [0.25, 0.3) is 11.0 Å². The Balaban J connectivity index is 1.58. The first-order valence-corrected chi connectivity index (χ1v) is 9.59. The number of alkyl halides is 3. The molecule has 1 amide bonds. The zero-order valence-electron chi connectivity index (χ0n) is 16.4. The van der Waals surface area contributed by atoms with Crippen LogP contribution in [0.3, 0.4) is 0 Å². The van der Waals surface area contributed by atoms with Gasteiger partial charge in [0.2, 0.25) is 0 Å². The highest BCUT2D eigenvalue weighted by atomic mass is 19.4. The van der Waals surface area contributed by atoms with Gasteiger partial charge in [-0.25, -0.2) is 14.4 Å². The van der Waals surface area contributed by atoms with Gasteiger partial charge < -0.3 is 20.5 Å². The van der Waals surface area contributed by atoms with Gasteiger partial charge in [0.05, 0.1) is 29.7 Å². The summed E-state index contributed by atoms with van der Waals surface area (Å²) in [4.78, 5) is 20.8. The van der Waals surface area contributed by atoms with Crippen LogP contribution >= 0.6 is 0 Å². The molecular formula is C19H18F4N6O3. The first-order chi connectivity index (χ1) is 15.2. The van der Waals surface area contributed by atoms with Crippen molar-refractivity contribution < 1.29 is 32.2 Å². The molecule has 2 aromatic heterocycles. The summed E-state index contributed by atoms with van der Waals surface area (Å²) in [5.74, 6) is -1.45. The van der Waals surface area contributed by atoms with E-state index in [0.717, 1.165) is 0 Å². The fourth-order valence-electron chi connectivity index (χ4n) is 3.42. The van der Waals surface area contributed by atoms with Gasteiger partial charge >= 0.3 is 6.18 Å². The van der Waals surface area contributed by atoms with Crippen molar-refractivity contribution in [2.75, 3.05) is 18.5 Å². The summed E-state index contributed by atoms with van der Waals surface area (Å²) in [6.07, 6.45) is -3.78. The zero-order chi connectivity index (χ0) is 22.9. The van der Waals surface area contributed by atoms with Crippen molar-refractivity contribution in [2.24, 2.45) is 0 Å². The van der Waals surface area contributed by atoms with Crippen LogP contribution in [0.2, 0.25) is 0 Å². The van der Waals surface area contributed by atoms with Gasteiger partial charge in [0.25, 0.3) is 5.91 Å². The van der Waals surface area contributed by atoms with Crippen molar-refractivity contribution in [1.82, 2.24) is 25.5 Å². The summed E-state index contributed by atoms with van der Waals surface area (Å²) < 4.78 is 58.4. The molecule has 0 radical (unpaired) electrons. The Bertz CT molecular complexity index is 1140. The number of nitrogens with zero attached hydrogens (tertiary/aromatic N) is 3. The van der Waals surface area contributed by atoms with Crippen LogP contribution in [0.4, 0.5) is 23.4 Å². The summed E-state index contributed by atoms with van der Waals surface area (Å²) in [5, 5.41) is 22.1. The van der Waals surface area contributed by atoms with E-state index in [-0.39, 0.29) is 29.2 Å². The fourth-order valence-corrected chi connectivity index (χ4v) is 3.42. The molecule has 4 N–H and O–H groups in total. The quantitative estimate of drug-likeness (QED) is 0.435. The van der Waals surface area contributed by atoms with Crippen LogP contribution in [0.5, 0.6) is 0 Å². The third kappa shape index (κ3) is 4.48. The van der Waals surface area contributed by atoms with Gasteiger partial charge in [0.15, 0.2) is 5.65 Å². The lowest BCUT2D eigenvalue weighted by molar-refractivity contribution is -0.138. The lowest BCUT2D eigenvalue weighted by Crippen LogP contribution is -2.42. The lowest BCUT2D eigenvalue weighted by Gasteiger charge is -2.28. The number of rotatable bonds is 5. The van der Waals surface area contributed by atoms with E-state index in [1.165, 1.54) is 6.33 Å². The molecule has 0 bridgehead atoms. The number of ether oxygens (including phenoxy) is 1. The van der Waals surface area contributed by atoms with Crippen molar-refractivity contribution in [3.63, 3.8) is 0 Å². The summed E-state index contributed by atoms with van der Waals surface area (Å²) in [5.41, 5.74) is -1.43. The van der Waals surface area contributed by atoms with Crippen molar-refractivity contribution in [2.45, 2.75) is 31.3 Å². The van der Waals surface area contributed by atoms with Crippen LogP contribution in [0.15, 0.2) is 24.5 Å². The number of carbonyl (C=O) groups is 1. The smallest absolute Gasteiger partial charge is 0.391 e. The van der Waals surface area contributed by atoms with Gasteiger partial charge in [-0.1, -0.05) is 0 Å². The Morgan fingerprint density at radius 1 is 1.31 bits per heavy atom. The topological polar surface area (TPSA) is 125 Å². The van der Waals surface area contributed by atoms with E-state index in [1.54, 1.807) is 0 Å². The summed E-state index contributed by atoms with van der Waals surface area (Å²) >= 11 is 0. The average Bonchev–Trinajstić information content (AvgIpc) is 3.18. The zero-order valence-corrected chi connectivity index (χ0v) is 16.4. The first kappa shape index (κ1) is 21.9. The third-order valence-electron chi connectivity index (χ3n) is 5.03. The average molecular weight is 454 g/mol. The normalized spacial score (nSPS) is 19.2. The fraction of sp³-hybridized carbons (Fsp3) is 0.368. The number of amides is 1. The van der Waals surface area contributed by atoms with E-state index in [0.29, 0.717) is 31.2 Å². The highest BCUT2D eigenvalue weighted by Crippen LogP contribution is 2.32. The van der Waals surface area contributed by atoms with Gasteiger partial charge in [-0.05, 0) is 30.2 Å². The molecule has 170 valence electrons. The molecule has 3 heterocycles. The second-order valence-electron chi connectivity index (χ2n) is 7.18. The minimum Gasteiger partial charge on any atom is -0.391 e. The monoisotopic (exact) mass is 454 g/mol. The molecule has 2 atom stereocenters. The van der Waals surface area contributed by atoms with E-state index < -0.39 is 47.7 Å². The van der Waals surface area contributed by atoms with Crippen LogP contribution in [-0.2, 0) is 17.5 Å². The van der Waals surface area contributed by atoms with Gasteiger partial charge in [-0.3, -0.25) is 9.89 Å². The standard InChI is InChI=1S/C19H18F4N6O3/c20-10-1-2-11(19(21,22)23)9(5-10)6-24-18(31)15-14-16(25-8-26-17(14)29-28-15)27-12-7-32-4-3-13(12)30/h1-2,5,8,12-13,30H,3-4,6-7H2,(H,24,31)(H2,25,26,27,28,29)/t12-,13-/m1/s1. The molecule has 4 rings (SSSR count). The SMILES string of the molecule is O=C(NCc1cc(F)ccc1C(F)(F)F)c1[nH]nc2ncnc(N[C@@H]3COCC[C@H]3O)c12. The predicted octanol–water partition coefficient (Wildman–Crippen LogP) is 2.00. The molecule has 1 saturated heterocycles. The van der Waals surface area contributed by atoms with Crippen molar-refractivity contribution in [1.29, 1.82) is 0 Å². The van der Waals surface area contributed by atoms with Gasteiger partial charge in [-0.15, -0.1) is 0 Å². The number of H-pyrrole nitrogens is 1. The van der Waals surface area contributed by atoms with Gasteiger partial charge in [-0.2, -0.15) is 18.3 Å². The Morgan fingerprint density at radius 3 is 2.88 bits per heavy atom. The first-order valence-electron chi connectivity index (χ1n) is 9.59. The molecule has 1 aliphatic rings. The molecule has 0 unspecified atom stereocenters.